The Hall–Kier alpha value is -2.88. The predicted octanol–water partition coefficient (Wildman–Crippen LogP) is 0.520. The highest BCUT2D eigenvalue weighted by Crippen LogP contribution is 2.17. The number of hydrogen-bond donors (Lipinski definition) is 2. The van der Waals surface area contributed by atoms with Crippen LogP contribution in [0.15, 0.2) is 18.2 Å². The first-order chi connectivity index (χ1) is 8.41. The molecule has 0 aromatic heterocycles. The van der Waals surface area contributed by atoms with Crippen LogP contribution >= 0.6 is 0 Å². The molecule has 1 rings (SSSR count). The lowest BCUT2D eigenvalue weighted by Gasteiger charge is -1.98. The Morgan fingerprint density at radius 1 is 1.44 bits per heavy atom. The summed E-state index contributed by atoms with van der Waals surface area (Å²) in [5.41, 5.74) is 4.33. The molecule has 0 heterocycles. The number of primary amides is 1. The molecular weight excluding hydrogens is 240 g/mol. The van der Waals surface area contributed by atoms with Crippen LogP contribution in [0, 0.1) is 22.0 Å². The summed E-state index contributed by atoms with van der Waals surface area (Å²) >= 11 is 0. The summed E-state index contributed by atoms with van der Waals surface area (Å²) in [6.07, 6.45) is -0.212. The van der Waals surface area contributed by atoms with Crippen molar-refractivity contribution in [1.29, 1.82) is 0 Å². The van der Waals surface area contributed by atoms with Crippen LogP contribution in [0.25, 0.3) is 0 Å². The summed E-state index contributed by atoms with van der Waals surface area (Å²) in [4.78, 5) is 31.2. The lowest BCUT2D eigenvalue weighted by atomic mass is 10.1. The number of amides is 1. The van der Waals surface area contributed by atoms with E-state index in [1.165, 1.54) is 6.07 Å². The zero-order chi connectivity index (χ0) is 13.7. The second kappa shape index (κ2) is 5.45. The van der Waals surface area contributed by atoms with Crippen molar-refractivity contribution in [3.05, 3.63) is 39.4 Å². The monoisotopic (exact) mass is 248 g/mol. The summed E-state index contributed by atoms with van der Waals surface area (Å²) in [5.74, 6) is 2.86. The van der Waals surface area contributed by atoms with Gasteiger partial charge in [0.1, 0.15) is 0 Å². The van der Waals surface area contributed by atoms with E-state index in [1.807, 2.05) is 0 Å². The van der Waals surface area contributed by atoms with E-state index in [9.17, 15) is 19.7 Å². The third-order valence-corrected chi connectivity index (χ3v) is 1.93. The van der Waals surface area contributed by atoms with E-state index in [0.29, 0.717) is 0 Å². The molecule has 0 fully saturated rings. The molecule has 0 aliphatic rings. The van der Waals surface area contributed by atoms with Crippen molar-refractivity contribution in [1.82, 2.24) is 0 Å². The Balaban J connectivity index is 3.18. The number of carboxylic acid groups (broad SMARTS) is 1. The summed E-state index contributed by atoms with van der Waals surface area (Å²) in [5, 5.41) is 19.4. The van der Waals surface area contributed by atoms with Gasteiger partial charge in [-0.2, -0.15) is 0 Å². The van der Waals surface area contributed by atoms with Crippen LogP contribution in [0.5, 0.6) is 0 Å². The van der Waals surface area contributed by atoms with E-state index in [0.717, 1.165) is 12.1 Å². The Morgan fingerprint density at radius 3 is 2.61 bits per heavy atom. The number of hydrogen-bond acceptors (Lipinski definition) is 4. The maximum Gasteiger partial charge on any atom is 0.337 e. The van der Waals surface area contributed by atoms with E-state index < -0.39 is 16.8 Å². The molecule has 18 heavy (non-hydrogen) atoms. The topological polar surface area (TPSA) is 124 Å². The average molecular weight is 248 g/mol. The van der Waals surface area contributed by atoms with Crippen LogP contribution in [-0.4, -0.2) is 21.9 Å². The molecule has 1 aromatic rings. The number of nitrogens with two attached hydrogens (primary N) is 1. The summed E-state index contributed by atoms with van der Waals surface area (Å²) in [7, 11) is 0. The molecule has 92 valence electrons. The highest BCUT2D eigenvalue weighted by molar-refractivity contribution is 5.91. The van der Waals surface area contributed by atoms with Crippen molar-refractivity contribution < 1.29 is 19.6 Å². The summed E-state index contributed by atoms with van der Waals surface area (Å²) in [6.45, 7) is 0. The van der Waals surface area contributed by atoms with Crippen LogP contribution < -0.4 is 5.73 Å². The zero-order valence-electron chi connectivity index (χ0n) is 9.04. The molecular formula is C11H8N2O5. The van der Waals surface area contributed by atoms with Gasteiger partial charge in [-0.25, -0.2) is 4.79 Å². The van der Waals surface area contributed by atoms with Crippen molar-refractivity contribution in [2.24, 2.45) is 5.73 Å². The third kappa shape index (κ3) is 3.31. The fourth-order valence-electron chi connectivity index (χ4n) is 1.16. The first-order valence-electron chi connectivity index (χ1n) is 4.70. The maximum atomic E-state index is 10.9. The maximum absolute atomic E-state index is 10.9. The lowest BCUT2D eigenvalue weighted by molar-refractivity contribution is -0.384. The molecule has 0 aliphatic heterocycles. The highest BCUT2D eigenvalue weighted by Gasteiger charge is 2.14. The normalized spacial score (nSPS) is 9.11. The molecule has 3 N–H and O–H groups in total. The van der Waals surface area contributed by atoms with Gasteiger partial charge < -0.3 is 10.8 Å². The molecule has 1 amide bonds. The number of carboxylic acids is 1. The van der Waals surface area contributed by atoms with Crippen LogP contribution in [0.4, 0.5) is 5.69 Å². The molecule has 0 saturated heterocycles. The number of rotatable bonds is 3. The minimum Gasteiger partial charge on any atom is -0.478 e. The number of carbonyl (C=O) groups is 2. The summed E-state index contributed by atoms with van der Waals surface area (Å²) < 4.78 is 0. The van der Waals surface area contributed by atoms with Gasteiger partial charge in [-0.15, -0.1) is 0 Å². The van der Waals surface area contributed by atoms with Gasteiger partial charge >= 0.3 is 5.97 Å². The Morgan fingerprint density at radius 2 is 2.11 bits per heavy atom. The summed E-state index contributed by atoms with van der Waals surface area (Å²) in [6, 6.07) is 3.27. The van der Waals surface area contributed by atoms with Gasteiger partial charge in [0.15, 0.2) is 0 Å². The second-order valence-electron chi connectivity index (χ2n) is 3.24. The largest absolute Gasteiger partial charge is 0.478 e. The smallest absolute Gasteiger partial charge is 0.337 e. The fourth-order valence-corrected chi connectivity index (χ4v) is 1.16. The predicted molar refractivity (Wildman–Crippen MR) is 60.7 cm³/mol. The van der Waals surface area contributed by atoms with Gasteiger partial charge in [0.05, 0.1) is 16.9 Å². The zero-order valence-corrected chi connectivity index (χ0v) is 9.04. The first kappa shape index (κ1) is 13.2. The van der Waals surface area contributed by atoms with Crippen molar-refractivity contribution >= 4 is 17.6 Å². The van der Waals surface area contributed by atoms with Crippen LogP contribution in [0.2, 0.25) is 0 Å². The van der Waals surface area contributed by atoms with Crippen molar-refractivity contribution in [3.63, 3.8) is 0 Å². The van der Waals surface area contributed by atoms with Crippen molar-refractivity contribution in [2.45, 2.75) is 6.42 Å². The highest BCUT2D eigenvalue weighted by atomic mass is 16.6. The minimum atomic E-state index is -1.33. The number of carbonyl (C=O) groups excluding carboxylic acids is 1. The van der Waals surface area contributed by atoms with E-state index in [-0.39, 0.29) is 23.2 Å². The van der Waals surface area contributed by atoms with Gasteiger partial charge in [-0.1, -0.05) is 11.8 Å². The lowest BCUT2D eigenvalue weighted by Crippen LogP contribution is -2.08. The van der Waals surface area contributed by atoms with E-state index in [2.05, 4.69) is 11.8 Å². The first-order valence-corrected chi connectivity index (χ1v) is 4.70. The molecule has 0 saturated carbocycles. The number of nitrogens with zero attached hydrogens (tertiary/aromatic N) is 1. The van der Waals surface area contributed by atoms with Gasteiger partial charge in [-0.05, 0) is 6.07 Å². The molecule has 7 nitrogen and oxygen atoms in total. The quantitative estimate of drug-likeness (QED) is 0.458. The molecule has 0 unspecified atom stereocenters. The van der Waals surface area contributed by atoms with E-state index >= 15 is 0 Å². The van der Waals surface area contributed by atoms with E-state index in [1.54, 1.807) is 0 Å². The number of benzene rings is 1. The van der Waals surface area contributed by atoms with Gasteiger partial charge in [0.2, 0.25) is 5.91 Å². The molecule has 0 bridgehead atoms. The van der Waals surface area contributed by atoms with Crippen molar-refractivity contribution in [3.8, 4) is 11.8 Å². The Bertz CT molecular complexity index is 583. The van der Waals surface area contributed by atoms with Gasteiger partial charge in [0, 0.05) is 17.7 Å². The Kier molecular flexibility index (Phi) is 3.99. The van der Waals surface area contributed by atoms with Gasteiger partial charge in [0.25, 0.3) is 5.69 Å². The Labute approximate surface area is 101 Å². The fraction of sp³-hybridized carbons (Fsp3) is 0.0909. The average Bonchev–Trinajstić information content (AvgIpc) is 2.28. The molecule has 0 spiro atoms. The standard InChI is InChI=1S/C11H8N2O5/c12-10(14)3-1-2-7-4-5-8(13(17)18)6-9(7)11(15)16/h4-6H,3H2,(H2,12,14)(H,15,16). The molecule has 1 aromatic carbocycles. The van der Waals surface area contributed by atoms with Crippen LogP contribution in [0.3, 0.4) is 0 Å². The molecule has 7 heteroatoms. The third-order valence-electron chi connectivity index (χ3n) is 1.93. The van der Waals surface area contributed by atoms with Crippen LogP contribution in [0.1, 0.15) is 22.3 Å². The molecule has 0 aliphatic carbocycles. The van der Waals surface area contributed by atoms with E-state index in [4.69, 9.17) is 10.8 Å². The molecule has 0 atom stereocenters. The second-order valence-corrected chi connectivity index (χ2v) is 3.24. The number of nitro benzene ring substituents is 1. The number of nitro groups is 1. The molecule has 0 radical (unpaired) electrons. The SMILES string of the molecule is NC(=O)CC#Cc1ccc([N+](=O)[O-])cc1C(=O)O. The van der Waals surface area contributed by atoms with Crippen molar-refractivity contribution in [2.75, 3.05) is 0 Å². The minimum absolute atomic E-state index is 0.0920. The number of non-ortho nitro benzene ring substituents is 1. The van der Waals surface area contributed by atoms with Gasteiger partial charge in [-0.3, -0.25) is 14.9 Å². The van der Waals surface area contributed by atoms with Crippen LogP contribution in [-0.2, 0) is 4.79 Å². The number of aromatic carboxylic acids is 1.